The zero-order valence-corrected chi connectivity index (χ0v) is 48.7. The molecule has 3 saturated heterocycles. The van der Waals surface area contributed by atoms with E-state index in [0.717, 1.165) is 26.8 Å². The number of amides is 12. The lowest BCUT2D eigenvalue weighted by atomic mass is 10.0. The van der Waals surface area contributed by atoms with E-state index in [1.54, 1.807) is 18.2 Å². The largest absolute Gasteiger partial charge is 0.481 e. The van der Waals surface area contributed by atoms with Gasteiger partial charge in [0.05, 0.1) is 33.4 Å². The number of anilines is 2. The van der Waals surface area contributed by atoms with E-state index in [1.165, 1.54) is 24.3 Å². The number of imide groups is 6. The summed E-state index contributed by atoms with van der Waals surface area (Å²) in [5.74, 6) is -8.78. The van der Waals surface area contributed by atoms with Gasteiger partial charge in [-0.1, -0.05) is 0 Å². The number of halogens is 1. The number of carbonyl (C=O) groups is 15. The predicted octanol–water partition coefficient (Wildman–Crippen LogP) is 3.28. The highest BCUT2D eigenvalue weighted by molar-refractivity contribution is 6.25. The number of fused-ring (bicyclic) bond motifs is 3. The zero-order valence-electron chi connectivity index (χ0n) is 48.7. The van der Waals surface area contributed by atoms with Crippen LogP contribution in [0.2, 0.25) is 0 Å². The lowest BCUT2D eigenvalue weighted by Gasteiger charge is -2.27. The summed E-state index contributed by atoms with van der Waals surface area (Å²) in [6.45, 7) is 12.4. The van der Waals surface area contributed by atoms with E-state index < -0.39 is 106 Å². The number of hydrogen-bond donors (Lipinski definition) is 7. The number of carbonyl (C=O) groups excluding carboxylic acids is 14. The monoisotopic (exact) mass is 1210 g/mol. The third kappa shape index (κ3) is 17.3. The Bertz CT molecular complexity index is 3330. The number of ether oxygens (including phenoxy) is 2. The van der Waals surface area contributed by atoms with Gasteiger partial charge < -0.3 is 30.9 Å². The lowest BCUT2D eigenvalue weighted by Crippen LogP contribution is -2.54. The Kier molecular flexibility index (Phi) is 21.8. The van der Waals surface area contributed by atoms with Crippen molar-refractivity contribution in [1.82, 2.24) is 30.7 Å². The van der Waals surface area contributed by atoms with E-state index in [0.29, 0.717) is 56.7 Å². The molecule has 6 aliphatic rings. The Hall–Kier alpha value is -9.60. The summed E-state index contributed by atoms with van der Waals surface area (Å²) < 4.78 is 23.5. The topological polar surface area (TPSA) is 391 Å². The Morgan fingerprint density at radius 2 is 0.828 bits per heavy atom. The van der Waals surface area contributed by atoms with Crippen LogP contribution in [0.3, 0.4) is 0 Å². The SMILES string of the molecule is CC(C)(C)OC(=O)CCCN.CC(C)(C)OC(=O)CCCNc1ccc2c(c1)C(=O)N(C1CCC(=O)NC1=O)C2=O.O=C(O)CCCNc1ccc2c(c1)C(=O)N(C1CCC(=O)NC1=O)C2=O.O=C1CCC(N2C(=O)c3ccc(F)cc3C2=O)C(=O)N1. The molecule has 0 saturated carbocycles. The van der Waals surface area contributed by atoms with Crippen molar-refractivity contribution >= 4 is 100 Å². The van der Waals surface area contributed by atoms with Crippen LogP contribution >= 0.6 is 0 Å². The molecule has 3 aromatic rings. The van der Waals surface area contributed by atoms with Crippen molar-refractivity contribution in [2.24, 2.45) is 5.73 Å². The second kappa shape index (κ2) is 28.5. The molecule has 0 aliphatic carbocycles. The van der Waals surface area contributed by atoms with E-state index in [-0.39, 0.29) is 102 Å². The molecule has 87 heavy (non-hydrogen) atoms. The molecule has 0 spiro atoms. The van der Waals surface area contributed by atoms with E-state index in [4.69, 9.17) is 20.3 Å². The number of hydrogen-bond acceptors (Lipinski definition) is 20. The summed E-state index contributed by atoms with van der Waals surface area (Å²) in [6.07, 6.45) is 2.88. The number of rotatable bonds is 16. The number of carboxylic acids is 1. The minimum atomic E-state index is -1.02. The third-order valence-corrected chi connectivity index (χ3v) is 13.5. The van der Waals surface area contributed by atoms with Crippen LogP contribution in [-0.2, 0) is 52.6 Å². The molecule has 8 N–H and O–H groups in total. The standard InChI is InChI=1S/C21H25N3O6.C17H17N3O6.C13H9FN2O4.C8H17NO2/c1-21(2,3)30-17(26)5-4-10-22-12-6-7-13-14(11-12)20(29)24(19(13)28)15-8-9-16(25)23-18(15)27;21-13-6-5-12(15(24)19-13)20-16(25)10-4-3-9(8-11(10)17(20)26)18-7-1-2-14(22)23;14-6-1-2-7-8(5-6)13(20)16(12(7)19)9-3-4-10(17)15-11(9)18;1-8(2,3)11-7(10)5-4-6-9/h6-7,11,15,22H,4-5,8-10H2,1-3H3,(H,23,25,27);3-4,8,12,18H,1-2,5-7H2,(H,22,23)(H,19,21,24);1-2,5,9H,3-4H2,(H,15,17,18);4-6,9H2,1-3H3. The van der Waals surface area contributed by atoms with Crippen molar-refractivity contribution in [2.75, 3.05) is 30.3 Å². The van der Waals surface area contributed by atoms with Gasteiger partial charge in [0.1, 0.15) is 35.1 Å². The first-order valence-electron chi connectivity index (χ1n) is 27.9. The molecule has 12 amide bonds. The van der Waals surface area contributed by atoms with E-state index >= 15 is 0 Å². The van der Waals surface area contributed by atoms with Crippen molar-refractivity contribution in [3.63, 3.8) is 0 Å². The van der Waals surface area contributed by atoms with Gasteiger partial charge in [0.2, 0.25) is 35.4 Å². The number of piperidine rings is 3. The van der Waals surface area contributed by atoms with Crippen molar-refractivity contribution in [2.45, 2.75) is 148 Å². The van der Waals surface area contributed by atoms with Crippen LogP contribution in [0.1, 0.15) is 181 Å². The molecule has 464 valence electrons. The maximum atomic E-state index is 13.2. The number of benzene rings is 3. The van der Waals surface area contributed by atoms with Crippen molar-refractivity contribution in [1.29, 1.82) is 0 Å². The first-order valence-corrected chi connectivity index (χ1v) is 27.9. The molecule has 6 heterocycles. The molecule has 27 nitrogen and oxygen atoms in total. The molecular weight excluding hydrogens is 1140 g/mol. The van der Waals surface area contributed by atoms with Gasteiger partial charge in [-0.25, -0.2) is 4.39 Å². The summed E-state index contributed by atoms with van der Waals surface area (Å²) in [5.41, 5.74) is 6.39. The highest BCUT2D eigenvalue weighted by Crippen LogP contribution is 2.32. The van der Waals surface area contributed by atoms with Crippen molar-refractivity contribution in [3.05, 3.63) is 93.8 Å². The van der Waals surface area contributed by atoms with Crippen LogP contribution < -0.4 is 32.3 Å². The fourth-order valence-corrected chi connectivity index (χ4v) is 9.57. The van der Waals surface area contributed by atoms with Crippen LogP contribution in [0.4, 0.5) is 15.8 Å². The van der Waals surface area contributed by atoms with Crippen LogP contribution in [0.5, 0.6) is 0 Å². The van der Waals surface area contributed by atoms with Gasteiger partial charge in [0.15, 0.2) is 0 Å². The fraction of sp³-hybridized carbons (Fsp3) is 0.441. The third-order valence-electron chi connectivity index (χ3n) is 13.5. The molecule has 3 unspecified atom stereocenters. The number of carboxylic acid groups (broad SMARTS) is 1. The number of nitrogens with zero attached hydrogens (tertiary/aromatic N) is 3. The average molecular weight is 1210 g/mol. The normalized spacial score (nSPS) is 18.8. The van der Waals surface area contributed by atoms with Gasteiger partial charge in [-0.3, -0.25) is 103 Å². The van der Waals surface area contributed by atoms with Crippen LogP contribution in [0.25, 0.3) is 0 Å². The van der Waals surface area contributed by atoms with Gasteiger partial charge >= 0.3 is 17.9 Å². The Balaban J connectivity index is 0.000000195. The highest BCUT2D eigenvalue weighted by Gasteiger charge is 2.47. The first-order chi connectivity index (χ1) is 40.9. The molecule has 0 bridgehead atoms. The Morgan fingerprint density at radius 1 is 0.506 bits per heavy atom. The smallest absolute Gasteiger partial charge is 0.306 e. The quantitative estimate of drug-likeness (QED) is 0.0614. The molecule has 0 radical (unpaired) electrons. The maximum absolute atomic E-state index is 13.2. The second-order valence-corrected chi connectivity index (χ2v) is 22.6. The van der Waals surface area contributed by atoms with E-state index in [2.05, 4.69) is 26.6 Å². The summed E-state index contributed by atoms with van der Waals surface area (Å²) in [7, 11) is 0. The molecule has 28 heteroatoms. The molecule has 6 aliphatic heterocycles. The second-order valence-electron chi connectivity index (χ2n) is 22.6. The summed E-state index contributed by atoms with van der Waals surface area (Å²) in [6, 6.07) is 9.69. The summed E-state index contributed by atoms with van der Waals surface area (Å²) in [4.78, 5) is 180. The van der Waals surface area contributed by atoms with E-state index in [9.17, 15) is 76.3 Å². The van der Waals surface area contributed by atoms with Gasteiger partial charge in [-0.15, -0.1) is 0 Å². The maximum Gasteiger partial charge on any atom is 0.306 e. The van der Waals surface area contributed by atoms with E-state index in [1.807, 2.05) is 41.5 Å². The number of esters is 2. The van der Waals surface area contributed by atoms with Gasteiger partial charge in [0, 0.05) is 63.0 Å². The predicted molar refractivity (Wildman–Crippen MR) is 302 cm³/mol. The van der Waals surface area contributed by atoms with Crippen LogP contribution in [0, 0.1) is 5.82 Å². The number of nitrogens with one attached hydrogen (secondary N) is 5. The Morgan fingerprint density at radius 3 is 1.16 bits per heavy atom. The molecule has 9 rings (SSSR count). The van der Waals surface area contributed by atoms with Gasteiger partial charge in [-0.05, 0) is 141 Å². The fourth-order valence-electron chi connectivity index (χ4n) is 9.57. The van der Waals surface area contributed by atoms with Crippen molar-refractivity contribution < 1.29 is 90.9 Å². The molecular formula is C59H68FN9O18. The molecule has 3 aromatic carbocycles. The number of aliphatic carboxylic acids is 1. The van der Waals surface area contributed by atoms with Crippen LogP contribution in [-0.4, -0.2) is 158 Å². The molecule has 3 fully saturated rings. The average Bonchev–Trinajstić information content (AvgIpc) is 1.73. The molecule has 0 aromatic heterocycles. The van der Waals surface area contributed by atoms with Crippen LogP contribution in [0.15, 0.2) is 54.6 Å². The Labute approximate surface area is 497 Å². The van der Waals surface area contributed by atoms with Gasteiger partial charge in [0.25, 0.3) is 35.4 Å². The summed E-state index contributed by atoms with van der Waals surface area (Å²) >= 11 is 0. The summed E-state index contributed by atoms with van der Waals surface area (Å²) in [5, 5.41) is 21.2. The van der Waals surface area contributed by atoms with Crippen molar-refractivity contribution in [3.8, 4) is 0 Å². The minimum absolute atomic E-state index is 0.0264. The first kappa shape index (κ1) is 66.5. The molecule has 3 atom stereocenters. The number of nitrogens with two attached hydrogens (primary N) is 1. The minimum Gasteiger partial charge on any atom is -0.481 e. The lowest BCUT2D eigenvalue weighted by molar-refractivity contribution is -0.156. The highest BCUT2D eigenvalue weighted by atomic mass is 19.1. The zero-order chi connectivity index (χ0) is 64.2. The van der Waals surface area contributed by atoms with Gasteiger partial charge in [-0.2, -0.15) is 0 Å².